The van der Waals surface area contributed by atoms with Crippen molar-refractivity contribution >= 4 is 28.2 Å². The van der Waals surface area contributed by atoms with Gasteiger partial charge in [0.25, 0.3) is 5.91 Å². The molecule has 6 heteroatoms. The summed E-state index contributed by atoms with van der Waals surface area (Å²) in [4.78, 5) is 21.4. The van der Waals surface area contributed by atoms with Gasteiger partial charge in [0.2, 0.25) is 0 Å². The number of nitrogen functional groups attached to an aromatic ring is 1. The van der Waals surface area contributed by atoms with Crippen LogP contribution in [0.4, 0.5) is 10.9 Å². The zero-order valence-electron chi connectivity index (χ0n) is 8.62. The van der Waals surface area contributed by atoms with Gasteiger partial charge in [-0.25, -0.2) is 9.97 Å². The lowest BCUT2D eigenvalue weighted by molar-refractivity contribution is 0.0988. The number of carbonyl (C=O) groups is 1. The summed E-state index contributed by atoms with van der Waals surface area (Å²) in [6, 6.07) is 5.37. The maximum atomic E-state index is 11.9. The molecule has 0 unspecified atom stereocenters. The molecule has 2 rings (SSSR count). The largest absolute Gasteiger partial charge is 0.375 e. The van der Waals surface area contributed by atoms with Gasteiger partial charge in [0, 0.05) is 18.6 Å². The summed E-state index contributed by atoms with van der Waals surface area (Å²) in [6.45, 7) is 0. The highest BCUT2D eigenvalue weighted by molar-refractivity contribution is 7.13. The van der Waals surface area contributed by atoms with Crippen molar-refractivity contribution in [1.29, 1.82) is 0 Å². The molecular weight excluding hydrogens is 224 g/mol. The van der Waals surface area contributed by atoms with E-state index in [9.17, 15) is 4.79 Å². The van der Waals surface area contributed by atoms with Gasteiger partial charge in [0.1, 0.15) is 11.5 Å². The average Bonchev–Trinajstić information content (AvgIpc) is 2.75. The predicted molar refractivity (Wildman–Crippen MR) is 63.5 cm³/mol. The second-order valence-corrected chi connectivity index (χ2v) is 4.01. The second-order valence-electron chi connectivity index (χ2n) is 3.12. The Labute approximate surface area is 96.6 Å². The zero-order chi connectivity index (χ0) is 11.5. The van der Waals surface area contributed by atoms with Gasteiger partial charge in [-0.2, -0.15) is 0 Å². The highest BCUT2D eigenvalue weighted by atomic mass is 32.1. The first kappa shape index (κ1) is 10.6. The number of hydrogen-bond donors (Lipinski definition) is 1. The summed E-state index contributed by atoms with van der Waals surface area (Å²) < 4.78 is 0. The first-order valence-electron chi connectivity index (χ1n) is 4.58. The van der Waals surface area contributed by atoms with Gasteiger partial charge in [-0.1, -0.05) is 6.07 Å². The summed E-state index contributed by atoms with van der Waals surface area (Å²) in [5.74, 6) is 0.366. The van der Waals surface area contributed by atoms with Crippen LogP contribution in [0.25, 0.3) is 0 Å². The number of amides is 1. The van der Waals surface area contributed by atoms with Crippen LogP contribution >= 0.6 is 11.3 Å². The Morgan fingerprint density at radius 3 is 2.88 bits per heavy atom. The topological polar surface area (TPSA) is 72.1 Å². The number of nitrogens with two attached hydrogens (primary N) is 1. The van der Waals surface area contributed by atoms with Crippen molar-refractivity contribution in [2.75, 3.05) is 17.7 Å². The van der Waals surface area contributed by atoms with Gasteiger partial charge >= 0.3 is 0 Å². The van der Waals surface area contributed by atoms with Crippen LogP contribution in [0.2, 0.25) is 0 Å². The van der Waals surface area contributed by atoms with Crippen molar-refractivity contribution < 1.29 is 4.79 Å². The minimum absolute atomic E-state index is 0.216. The maximum absolute atomic E-state index is 11.9. The monoisotopic (exact) mass is 234 g/mol. The van der Waals surface area contributed by atoms with Gasteiger partial charge in [0.05, 0.1) is 0 Å². The molecule has 2 aromatic heterocycles. The Kier molecular flexibility index (Phi) is 2.82. The van der Waals surface area contributed by atoms with Gasteiger partial charge in [0.15, 0.2) is 5.13 Å². The fourth-order valence-electron chi connectivity index (χ4n) is 1.21. The van der Waals surface area contributed by atoms with E-state index in [1.54, 1.807) is 30.8 Å². The van der Waals surface area contributed by atoms with Crippen molar-refractivity contribution in [2.45, 2.75) is 0 Å². The molecule has 2 N–H and O–H groups in total. The van der Waals surface area contributed by atoms with Crippen molar-refractivity contribution in [2.24, 2.45) is 0 Å². The number of nitrogens with zero attached hydrogens (tertiary/aromatic N) is 3. The van der Waals surface area contributed by atoms with Crippen molar-refractivity contribution in [1.82, 2.24) is 9.97 Å². The molecule has 0 aromatic carbocycles. The normalized spacial score (nSPS) is 10.1. The number of rotatable bonds is 2. The molecule has 0 saturated carbocycles. The minimum atomic E-state index is -0.216. The van der Waals surface area contributed by atoms with Crippen molar-refractivity contribution in [3.05, 3.63) is 35.5 Å². The molecular formula is C10H10N4OS. The SMILES string of the molecule is CN(C(=O)c1csc(N)n1)c1ccccn1. The lowest BCUT2D eigenvalue weighted by Gasteiger charge is -2.14. The smallest absolute Gasteiger partial charge is 0.278 e. The predicted octanol–water partition coefficient (Wildman–Crippen LogP) is 1.40. The molecule has 1 amide bonds. The third-order valence-corrected chi connectivity index (χ3v) is 2.71. The summed E-state index contributed by atoms with van der Waals surface area (Å²) in [5, 5.41) is 2.02. The molecule has 5 nitrogen and oxygen atoms in total. The Hall–Kier alpha value is -1.95. The number of carbonyl (C=O) groups excluding carboxylic acids is 1. The molecule has 0 atom stereocenters. The number of hydrogen-bond acceptors (Lipinski definition) is 5. The van der Waals surface area contributed by atoms with Gasteiger partial charge < -0.3 is 5.73 Å². The van der Waals surface area contributed by atoms with Gasteiger partial charge in [-0.3, -0.25) is 9.69 Å². The quantitative estimate of drug-likeness (QED) is 0.852. The van der Waals surface area contributed by atoms with E-state index in [0.717, 1.165) is 0 Å². The third kappa shape index (κ3) is 2.01. The Morgan fingerprint density at radius 1 is 1.50 bits per heavy atom. The molecule has 0 radical (unpaired) electrons. The maximum Gasteiger partial charge on any atom is 0.278 e. The van der Waals surface area contributed by atoms with Crippen LogP contribution in [-0.4, -0.2) is 22.9 Å². The van der Waals surface area contributed by atoms with E-state index in [1.807, 2.05) is 6.07 Å². The van der Waals surface area contributed by atoms with E-state index in [1.165, 1.54) is 16.2 Å². The van der Waals surface area contributed by atoms with Crippen LogP contribution in [0.3, 0.4) is 0 Å². The molecule has 2 heterocycles. The zero-order valence-corrected chi connectivity index (χ0v) is 9.44. The summed E-state index contributed by atoms with van der Waals surface area (Å²) in [5.41, 5.74) is 5.82. The molecule has 0 bridgehead atoms. The molecule has 0 saturated heterocycles. The fourth-order valence-corrected chi connectivity index (χ4v) is 1.75. The van der Waals surface area contributed by atoms with E-state index in [0.29, 0.717) is 16.6 Å². The highest BCUT2D eigenvalue weighted by Gasteiger charge is 2.16. The molecule has 0 aliphatic heterocycles. The van der Waals surface area contributed by atoms with Crippen LogP contribution in [0.15, 0.2) is 29.8 Å². The molecule has 0 aliphatic rings. The van der Waals surface area contributed by atoms with E-state index in [4.69, 9.17) is 5.73 Å². The summed E-state index contributed by atoms with van der Waals surface area (Å²) in [7, 11) is 1.65. The standard InChI is InChI=1S/C10H10N4OS/c1-14(8-4-2-3-5-12-8)9(15)7-6-16-10(11)13-7/h2-6H,1H3,(H2,11,13). The number of aromatic nitrogens is 2. The van der Waals surface area contributed by atoms with Crippen LogP contribution in [0.5, 0.6) is 0 Å². The molecule has 2 aromatic rings. The van der Waals surface area contributed by atoms with E-state index < -0.39 is 0 Å². The lowest BCUT2D eigenvalue weighted by atomic mass is 10.4. The molecule has 16 heavy (non-hydrogen) atoms. The number of anilines is 2. The van der Waals surface area contributed by atoms with Crippen LogP contribution < -0.4 is 10.6 Å². The van der Waals surface area contributed by atoms with Gasteiger partial charge in [-0.05, 0) is 12.1 Å². The average molecular weight is 234 g/mol. The minimum Gasteiger partial charge on any atom is -0.375 e. The molecule has 0 spiro atoms. The highest BCUT2D eigenvalue weighted by Crippen LogP contribution is 2.15. The van der Waals surface area contributed by atoms with Gasteiger partial charge in [-0.15, -0.1) is 11.3 Å². The Morgan fingerprint density at radius 2 is 2.31 bits per heavy atom. The van der Waals surface area contributed by atoms with Crippen LogP contribution in [0, 0.1) is 0 Å². The Balaban J connectivity index is 2.23. The molecule has 0 aliphatic carbocycles. The van der Waals surface area contributed by atoms with Crippen LogP contribution in [0.1, 0.15) is 10.5 Å². The van der Waals surface area contributed by atoms with E-state index in [2.05, 4.69) is 9.97 Å². The Bertz CT molecular complexity index is 497. The second kappa shape index (κ2) is 4.28. The number of thiazole rings is 1. The van der Waals surface area contributed by atoms with Crippen LogP contribution in [-0.2, 0) is 0 Å². The first-order chi connectivity index (χ1) is 7.68. The lowest BCUT2D eigenvalue weighted by Crippen LogP contribution is -2.27. The molecule has 0 fully saturated rings. The summed E-state index contributed by atoms with van der Waals surface area (Å²) >= 11 is 1.24. The van der Waals surface area contributed by atoms with Crippen molar-refractivity contribution in [3.63, 3.8) is 0 Å². The molecule has 82 valence electrons. The van der Waals surface area contributed by atoms with E-state index >= 15 is 0 Å². The number of pyridine rings is 1. The van der Waals surface area contributed by atoms with Crippen molar-refractivity contribution in [3.8, 4) is 0 Å². The summed E-state index contributed by atoms with van der Waals surface area (Å²) in [6.07, 6.45) is 1.63. The first-order valence-corrected chi connectivity index (χ1v) is 5.46. The third-order valence-electron chi connectivity index (χ3n) is 2.04. The van der Waals surface area contributed by atoms with E-state index in [-0.39, 0.29) is 5.91 Å². The fraction of sp³-hybridized carbons (Fsp3) is 0.100.